The maximum absolute atomic E-state index is 12.6. The Balaban J connectivity index is 1.44. The summed E-state index contributed by atoms with van der Waals surface area (Å²) < 4.78 is 0. The number of hydrogen-bond donors (Lipinski definition) is 2. The Kier molecular flexibility index (Phi) is 6.35. The fourth-order valence-corrected chi connectivity index (χ4v) is 4.70. The predicted octanol–water partition coefficient (Wildman–Crippen LogP) is 2.74. The summed E-state index contributed by atoms with van der Waals surface area (Å²) in [4.78, 5) is 30.1. The fourth-order valence-electron chi connectivity index (χ4n) is 3.62. The van der Waals surface area contributed by atoms with Gasteiger partial charge in [-0.15, -0.1) is 0 Å². The first-order valence-corrected chi connectivity index (χ1v) is 10.9. The maximum atomic E-state index is 12.6. The Morgan fingerprint density at radius 2 is 2.09 bits per heavy atom. The van der Waals surface area contributed by atoms with Crippen molar-refractivity contribution in [3.63, 3.8) is 0 Å². The minimum absolute atomic E-state index is 0.105. The van der Waals surface area contributed by atoms with Crippen LogP contribution in [0.5, 0.6) is 0 Å². The summed E-state index contributed by atoms with van der Waals surface area (Å²) in [5.41, 5.74) is 2.43. The summed E-state index contributed by atoms with van der Waals surface area (Å²) in [5, 5.41) is 23.5. The number of hydrogen-bond acceptors (Lipinski definition) is 6. The van der Waals surface area contributed by atoms with Gasteiger partial charge in [-0.1, -0.05) is 53.8 Å². The number of nitrogens with zero attached hydrogens (tertiary/aromatic N) is 3. The highest BCUT2D eigenvalue weighted by molar-refractivity contribution is 7.15. The van der Waals surface area contributed by atoms with E-state index in [-0.39, 0.29) is 11.3 Å². The van der Waals surface area contributed by atoms with Crippen molar-refractivity contribution in [1.29, 1.82) is 5.26 Å². The van der Waals surface area contributed by atoms with Crippen molar-refractivity contribution in [3.8, 4) is 6.07 Å². The summed E-state index contributed by atoms with van der Waals surface area (Å²) >= 11 is 1.43. The zero-order valence-electron chi connectivity index (χ0n) is 17.1. The van der Waals surface area contributed by atoms with Crippen LogP contribution in [0.15, 0.2) is 60.2 Å². The van der Waals surface area contributed by atoms with Crippen LogP contribution in [0.4, 0.5) is 10.8 Å². The van der Waals surface area contributed by atoms with Crippen molar-refractivity contribution in [1.82, 2.24) is 4.98 Å². The largest absolute Gasteiger partial charge is 0.326 e. The van der Waals surface area contributed by atoms with Crippen LogP contribution in [-0.4, -0.2) is 22.4 Å². The number of aromatic nitrogens is 1. The van der Waals surface area contributed by atoms with Crippen molar-refractivity contribution in [2.75, 3.05) is 11.9 Å². The molecule has 9 heteroatoms. The van der Waals surface area contributed by atoms with Gasteiger partial charge in [0.15, 0.2) is 5.13 Å². The molecule has 160 valence electrons. The number of amides is 1. The molecule has 2 heterocycles. The standard InChI is InChI=1S/C23H19N5O3S/c24-13-18(11-17-7-4-8-19(12-17)28(30)31)22(29)26-23-25-20-9-10-27(15-21(20)32-23)14-16-5-2-1-3-6-16/h1-8,11-12H,9-10,14-15H2,(H,25,26,29)/p+1/b18-11+. The van der Waals surface area contributed by atoms with Crippen molar-refractivity contribution in [2.24, 2.45) is 0 Å². The fraction of sp³-hybridized carbons (Fsp3) is 0.174. The molecular formula is C23H20N5O3S+. The van der Waals surface area contributed by atoms with Crippen LogP contribution >= 0.6 is 11.3 Å². The molecule has 0 fully saturated rings. The van der Waals surface area contributed by atoms with E-state index in [0.717, 1.165) is 36.6 Å². The Labute approximate surface area is 188 Å². The van der Waals surface area contributed by atoms with Gasteiger partial charge in [0.05, 0.1) is 22.0 Å². The molecule has 32 heavy (non-hydrogen) atoms. The molecule has 1 aliphatic rings. The number of nitro benzene ring substituents is 1. The van der Waals surface area contributed by atoms with Gasteiger partial charge in [0.25, 0.3) is 11.6 Å². The Morgan fingerprint density at radius 1 is 1.28 bits per heavy atom. The first-order valence-electron chi connectivity index (χ1n) is 10.1. The van der Waals surface area contributed by atoms with Crippen molar-refractivity contribution < 1.29 is 14.6 Å². The Hall–Kier alpha value is -3.87. The molecule has 3 aromatic rings. The molecule has 1 aromatic heterocycles. The minimum atomic E-state index is -0.585. The molecule has 1 atom stereocenters. The zero-order valence-corrected chi connectivity index (χ0v) is 17.9. The van der Waals surface area contributed by atoms with Gasteiger partial charge in [-0.3, -0.25) is 20.2 Å². The van der Waals surface area contributed by atoms with Crippen molar-refractivity contribution in [3.05, 3.63) is 92.0 Å². The number of anilines is 1. The molecule has 4 rings (SSSR count). The van der Waals surface area contributed by atoms with E-state index >= 15 is 0 Å². The van der Waals surface area contributed by atoms with E-state index in [1.807, 2.05) is 24.3 Å². The first-order chi connectivity index (χ1) is 15.5. The summed E-state index contributed by atoms with van der Waals surface area (Å²) in [5.74, 6) is -0.585. The smallest absolute Gasteiger partial charge is 0.270 e. The molecule has 0 aliphatic carbocycles. The molecule has 1 aliphatic heterocycles. The van der Waals surface area contributed by atoms with E-state index in [2.05, 4.69) is 22.4 Å². The van der Waals surface area contributed by atoms with Gasteiger partial charge in [0.1, 0.15) is 24.7 Å². The van der Waals surface area contributed by atoms with E-state index in [4.69, 9.17) is 0 Å². The van der Waals surface area contributed by atoms with Gasteiger partial charge in [0.2, 0.25) is 0 Å². The second kappa shape index (κ2) is 9.51. The van der Waals surface area contributed by atoms with E-state index in [1.54, 1.807) is 6.07 Å². The van der Waals surface area contributed by atoms with Crippen LogP contribution < -0.4 is 10.2 Å². The summed E-state index contributed by atoms with van der Waals surface area (Å²) in [6, 6.07) is 18.0. The highest BCUT2D eigenvalue weighted by Gasteiger charge is 2.24. The molecule has 1 unspecified atom stereocenters. The normalized spacial score (nSPS) is 15.5. The lowest BCUT2D eigenvalue weighted by Crippen LogP contribution is -3.10. The third-order valence-corrected chi connectivity index (χ3v) is 6.19. The van der Waals surface area contributed by atoms with Crippen LogP contribution in [0, 0.1) is 21.4 Å². The Bertz CT molecular complexity index is 1230. The monoisotopic (exact) mass is 446 g/mol. The third kappa shape index (κ3) is 5.06. The van der Waals surface area contributed by atoms with Crippen LogP contribution in [-0.2, 0) is 24.3 Å². The van der Waals surface area contributed by atoms with Crippen LogP contribution in [0.3, 0.4) is 0 Å². The number of nitriles is 1. The molecule has 0 radical (unpaired) electrons. The number of carbonyl (C=O) groups is 1. The molecule has 2 aromatic carbocycles. The number of carbonyl (C=O) groups excluding carboxylic acids is 1. The summed E-state index contributed by atoms with van der Waals surface area (Å²) in [7, 11) is 0. The highest BCUT2D eigenvalue weighted by atomic mass is 32.1. The average Bonchev–Trinajstić information content (AvgIpc) is 3.19. The number of rotatable bonds is 6. The number of fused-ring (bicyclic) bond motifs is 1. The molecule has 0 spiro atoms. The number of non-ortho nitro benzene ring substituents is 1. The topological polar surface area (TPSA) is 113 Å². The summed E-state index contributed by atoms with van der Waals surface area (Å²) in [6.45, 7) is 2.74. The number of quaternary nitrogens is 1. The van der Waals surface area contributed by atoms with E-state index in [0.29, 0.717) is 10.7 Å². The van der Waals surface area contributed by atoms with Gasteiger partial charge in [-0.05, 0) is 11.6 Å². The van der Waals surface area contributed by atoms with Crippen LogP contribution in [0.1, 0.15) is 21.7 Å². The first kappa shape index (κ1) is 21.4. The van der Waals surface area contributed by atoms with Gasteiger partial charge < -0.3 is 4.90 Å². The predicted molar refractivity (Wildman–Crippen MR) is 121 cm³/mol. The Morgan fingerprint density at radius 3 is 2.84 bits per heavy atom. The maximum Gasteiger partial charge on any atom is 0.270 e. The van der Waals surface area contributed by atoms with Crippen molar-refractivity contribution in [2.45, 2.75) is 19.5 Å². The molecule has 0 saturated heterocycles. The second-order valence-corrected chi connectivity index (χ2v) is 8.54. The van der Waals surface area contributed by atoms with Crippen LogP contribution in [0.2, 0.25) is 0 Å². The average molecular weight is 447 g/mol. The van der Waals surface area contributed by atoms with Gasteiger partial charge in [0, 0.05) is 24.1 Å². The van der Waals surface area contributed by atoms with E-state index in [1.165, 1.54) is 46.1 Å². The second-order valence-electron chi connectivity index (χ2n) is 7.45. The number of nitrogens with one attached hydrogen (secondary N) is 2. The van der Waals surface area contributed by atoms with E-state index < -0.39 is 10.8 Å². The van der Waals surface area contributed by atoms with Crippen LogP contribution in [0.25, 0.3) is 6.08 Å². The lowest BCUT2D eigenvalue weighted by Gasteiger charge is -2.22. The van der Waals surface area contributed by atoms with E-state index in [9.17, 15) is 20.2 Å². The number of benzene rings is 2. The minimum Gasteiger partial charge on any atom is -0.326 e. The number of thiazole rings is 1. The van der Waals surface area contributed by atoms with Gasteiger partial charge >= 0.3 is 0 Å². The lowest BCUT2D eigenvalue weighted by atomic mass is 10.1. The highest BCUT2D eigenvalue weighted by Crippen LogP contribution is 2.25. The van der Waals surface area contributed by atoms with Gasteiger partial charge in [-0.2, -0.15) is 5.26 Å². The lowest BCUT2D eigenvalue weighted by molar-refractivity contribution is -0.929. The molecule has 0 saturated carbocycles. The van der Waals surface area contributed by atoms with Gasteiger partial charge in [-0.25, -0.2) is 4.98 Å². The zero-order chi connectivity index (χ0) is 22.5. The quantitative estimate of drug-likeness (QED) is 0.262. The summed E-state index contributed by atoms with van der Waals surface area (Å²) in [6.07, 6.45) is 2.17. The SMILES string of the molecule is N#C/C(=C\c1cccc([N+](=O)[O-])c1)C(=O)Nc1nc2c(s1)C[NH+](Cc1ccccc1)CC2. The molecular weight excluding hydrogens is 426 g/mol. The third-order valence-electron chi connectivity index (χ3n) is 5.18. The molecule has 8 nitrogen and oxygen atoms in total. The number of nitro groups is 1. The molecule has 0 bridgehead atoms. The molecule has 1 amide bonds. The van der Waals surface area contributed by atoms with Crippen molar-refractivity contribution >= 4 is 34.1 Å². The molecule has 2 N–H and O–H groups in total.